The third-order valence-electron chi connectivity index (χ3n) is 5.34. The van der Waals surface area contributed by atoms with Crippen molar-refractivity contribution in [1.82, 2.24) is 5.06 Å². The minimum absolute atomic E-state index is 0.291. The van der Waals surface area contributed by atoms with Gasteiger partial charge in [0.15, 0.2) is 0 Å². The first-order chi connectivity index (χ1) is 13.1. The molecular weight excluding hydrogens is 352 g/mol. The number of hydrogen-bond acceptors (Lipinski definition) is 4. The van der Waals surface area contributed by atoms with E-state index in [1.807, 2.05) is 52.0 Å². The summed E-state index contributed by atoms with van der Waals surface area (Å²) in [5.74, 6) is -0.115. The van der Waals surface area contributed by atoms with Crippen molar-refractivity contribution < 1.29 is 14.7 Å². The number of rotatable bonds is 3. The van der Waals surface area contributed by atoms with Crippen molar-refractivity contribution in [3.05, 3.63) is 54.1 Å². The summed E-state index contributed by atoms with van der Waals surface area (Å²) in [6.45, 7) is 7.47. The number of hydroxylamine groups is 2. The fourth-order valence-corrected chi connectivity index (χ4v) is 4.08. The number of nitriles is 1. The molecule has 5 nitrogen and oxygen atoms in total. The summed E-state index contributed by atoms with van der Waals surface area (Å²) in [7, 11) is 0. The summed E-state index contributed by atoms with van der Waals surface area (Å²) in [5.41, 5.74) is 1.37. The lowest BCUT2D eigenvalue weighted by Gasteiger charge is -2.49. The first-order valence-electron chi connectivity index (χ1n) is 9.42. The molecule has 0 spiro atoms. The highest BCUT2D eigenvalue weighted by molar-refractivity contribution is 5.76. The molecule has 0 saturated carbocycles. The van der Waals surface area contributed by atoms with Gasteiger partial charge in [-0.2, -0.15) is 5.26 Å². The Bertz CT molecular complexity index is 875. The van der Waals surface area contributed by atoms with Crippen molar-refractivity contribution in [3.63, 3.8) is 0 Å². The maximum absolute atomic E-state index is 12.7. The molecule has 28 heavy (non-hydrogen) atoms. The lowest BCUT2D eigenvalue weighted by Crippen LogP contribution is -2.59. The van der Waals surface area contributed by atoms with Gasteiger partial charge in [0.1, 0.15) is 5.75 Å². The number of piperidine rings is 1. The van der Waals surface area contributed by atoms with E-state index in [4.69, 9.17) is 10.00 Å². The van der Waals surface area contributed by atoms with Gasteiger partial charge in [0, 0.05) is 11.1 Å². The first kappa shape index (κ1) is 20.1. The lowest BCUT2D eigenvalue weighted by atomic mass is 9.75. The standard InChI is InChI=1S/C23H25N2O3/c1-22(2)13-19(14-23(3,4)25(22)27)21(26)28-20-11-9-18(10-12-20)17-7-5-16(15-24)6-8-17/h5-12,19H,13-14H2,1-4H3. The molecular formula is C23H25N2O3. The van der Waals surface area contributed by atoms with Crippen molar-refractivity contribution in [2.24, 2.45) is 5.92 Å². The molecule has 0 amide bonds. The fraction of sp³-hybridized carbons (Fsp3) is 0.391. The van der Waals surface area contributed by atoms with Crippen LogP contribution in [0.2, 0.25) is 0 Å². The second-order valence-electron chi connectivity index (χ2n) is 8.66. The van der Waals surface area contributed by atoms with Gasteiger partial charge in [-0.25, -0.2) is 0 Å². The molecule has 1 heterocycles. The maximum atomic E-state index is 12.7. The quantitative estimate of drug-likeness (QED) is 0.572. The van der Waals surface area contributed by atoms with Crippen LogP contribution in [0.4, 0.5) is 0 Å². The Hall–Kier alpha value is -2.68. The van der Waals surface area contributed by atoms with Crippen LogP contribution in [0.25, 0.3) is 11.1 Å². The van der Waals surface area contributed by atoms with Crippen LogP contribution in [0.15, 0.2) is 48.5 Å². The third kappa shape index (κ3) is 4.09. The van der Waals surface area contributed by atoms with Gasteiger partial charge in [-0.05, 0) is 75.9 Å². The molecule has 0 unspecified atom stereocenters. The van der Waals surface area contributed by atoms with Gasteiger partial charge in [-0.1, -0.05) is 24.3 Å². The number of esters is 1. The summed E-state index contributed by atoms with van der Waals surface area (Å²) in [6.07, 6.45) is 0.949. The van der Waals surface area contributed by atoms with Crippen molar-refractivity contribution >= 4 is 5.97 Å². The molecule has 0 bridgehead atoms. The fourth-order valence-electron chi connectivity index (χ4n) is 4.08. The predicted molar refractivity (Wildman–Crippen MR) is 106 cm³/mol. The molecule has 1 fully saturated rings. The zero-order chi connectivity index (χ0) is 20.5. The van der Waals surface area contributed by atoms with Crippen molar-refractivity contribution in [3.8, 4) is 22.9 Å². The van der Waals surface area contributed by atoms with E-state index in [0.29, 0.717) is 24.2 Å². The normalized spacial score (nSPS) is 19.0. The van der Waals surface area contributed by atoms with E-state index < -0.39 is 11.1 Å². The molecule has 1 aliphatic heterocycles. The van der Waals surface area contributed by atoms with Gasteiger partial charge in [0.05, 0.1) is 17.6 Å². The minimum Gasteiger partial charge on any atom is -0.426 e. The van der Waals surface area contributed by atoms with Crippen LogP contribution in [0.3, 0.4) is 0 Å². The average Bonchev–Trinajstić information content (AvgIpc) is 2.66. The Balaban J connectivity index is 1.70. The summed E-state index contributed by atoms with van der Waals surface area (Å²) < 4.78 is 5.60. The van der Waals surface area contributed by atoms with E-state index in [1.165, 1.54) is 0 Å². The summed E-state index contributed by atoms with van der Waals surface area (Å²) in [4.78, 5) is 12.7. The highest BCUT2D eigenvalue weighted by Crippen LogP contribution is 2.40. The average molecular weight is 377 g/mol. The zero-order valence-corrected chi connectivity index (χ0v) is 16.7. The molecule has 0 N–H and O–H groups in total. The van der Waals surface area contributed by atoms with Crippen LogP contribution in [0.1, 0.15) is 46.1 Å². The summed E-state index contributed by atoms with van der Waals surface area (Å²) in [5, 5.41) is 22.4. The molecule has 145 valence electrons. The summed E-state index contributed by atoms with van der Waals surface area (Å²) >= 11 is 0. The van der Waals surface area contributed by atoms with E-state index in [2.05, 4.69) is 6.07 Å². The van der Waals surface area contributed by atoms with Crippen LogP contribution in [0.5, 0.6) is 5.75 Å². The molecule has 1 saturated heterocycles. The number of hydrogen-bond donors (Lipinski definition) is 0. The smallest absolute Gasteiger partial charge is 0.314 e. The van der Waals surface area contributed by atoms with Gasteiger partial charge in [0.2, 0.25) is 0 Å². The highest BCUT2D eigenvalue weighted by Gasteiger charge is 2.48. The molecule has 0 atom stereocenters. The van der Waals surface area contributed by atoms with E-state index in [9.17, 15) is 10.0 Å². The minimum atomic E-state index is -0.606. The van der Waals surface area contributed by atoms with Gasteiger partial charge in [-0.3, -0.25) is 4.79 Å². The van der Waals surface area contributed by atoms with Crippen LogP contribution < -0.4 is 4.74 Å². The molecule has 2 aromatic carbocycles. The molecule has 5 heteroatoms. The Morgan fingerprint density at radius 2 is 1.43 bits per heavy atom. The number of ether oxygens (including phenoxy) is 1. The van der Waals surface area contributed by atoms with Crippen LogP contribution in [-0.4, -0.2) is 22.1 Å². The van der Waals surface area contributed by atoms with E-state index in [-0.39, 0.29) is 11.9 Å². The molecule has 0 aromatic heterocycles. The Morgan fingerprint density at radius 1 is 0.964 bits per heavy atom. The molecule has 1 radical (unpaired) electrons. The third-order valence-corrected chi connectivity index (χ3v) is 5.34. The van der Waals surface area contributed by atoms with Gasteiger partial charge in [-0.15, -0.1) is 10.3 Å². The molecule has 0 aliphatic carbocycles. The van der Waals surface area contributed by atoms with Crippen LogP contribution >= 0.6 is 0 Å². The Kier molecular flexibility index (Phi) is 5.29. The van der Waals surface area contributed by atoms with E-state index in [1.54, 1.807) is 24.3 Å². The predicted octanol–water partition coefficient (Wildman–Crippen LogP) is 4.75. The number of nitrogens with zero attached hydrogens (tertiary/aromatic N) is 2. The van der Waals surface area contributed by atoms with Crippen LogP contribution in [-0.2, 0) is 10.0 Å². The van der Waals surface area contributed by atoms with Crippen molar-refractivity contribution in [2.75, 3.05) is 0 Å². The van der Waals surface area contributed by atoms with Gasteiger partial charge in [0.25, 0.3) is 0 Å². The SMILES string of the molecule is CC1(C)CC(C(=O)Oc2ccc(-c3ccc(C#N)cc3)cc2)CC(C)(C)N1[O]. The maximum Gasteiger partial charge on any atom is 0.314 e. The summed E-state index contributed by atoms with van der Waals surface area (Å²) in [6, 6.07) is 16.7. The van der Waals surface area contributed by atoms with Crippen molar-refractivity contribution in [1.29, 1.82) is 5.26 Å². The number of carbonyl (C=O) groups is 1. The van der Waals surface area contributed by atoms with Crippen LogP contribution in [0, 0.1) is 17.2 Å². The second-order valence-corrected chi connectivity index (χ2v) is 8.66. The Morgan fingerprint density at radius 3 is 1.89 bits per heavy atom. The zero-order valence-electron chi connectivity index (χ0n) is 16.7. The molecule has 2 aromatic rings. The largest absolute Gasteiger partial charge is 0.426 e. The van der Waals surface area contributed by atoms with Gasteiger partial charge >= 0.3 is 5.97 Å². The monoisotopic (exact) mass is 377 g/mol. The second kappa shape index (κ2) is 7.38. The highest BCUT2D eigenvalue weighted by atomic mass is 16.5. The topological polar surface area (TPSA) is 73.2 Å². The van der Waals surface area contributed by atoms with E-state index in [0.717, 1.165) is 16.2 Å². The van der Waals surface area contributed by atoms with Gasteiger partial charge < -0.3 is 4.74 Å². The molecule has 1 aliphatic rings. The number of carbonyl (C=O) groups excluding carboxylic acids is 1. The molecule has 3 rings (SSSR count). The number of benzene rings is 2. The van der Waals surface area contributed by atoms with Crippen molar-refractivity contribution in [2.45, 2.75) is 51.6 Å². The van der Waals surface area contributed by atoms with E-state index >= 15 is 0 Å². The lowest BCUT2D eigenvalue weighted by molar-refractivity contribution is -0.293. The Labute approximate surface area is 166 Å². The first-order valence-corrected chi connectivity index (χ1v) is 9.42.